The second kappa shape index (κ2) is 10.0. The van der Waals surface area contributed by atoms with E-state index in [4.69, 9.17) is 0 Å². The Kier molecular flexibility index (Phi) is 8.69. The number of hydrogen-bond donors (Lipinski definition) is 1. The summed E-state index contributed by atoms with van der Waals surface area (Å²) in [6, 6.07) is 1.87. The van der Waals surface area contributed by atoms with E-state index in [1.165, 1.54) is 12.8 Å². The van der Waals surface area contributed by atoms with Gasteiger partial charge in [-0.25, -0.2) is 0 Å². The number of rotatable bonds is 10. The van der Waals surface area contributed by atoms with Crippen molar-refractivity contribution < 1.29 is 9.90 Å². The molecule has 1 rings (SSSR count). The fraction of sp³-hybridized carbons (Fsp3) is 0.688. The van der Waals surface area contributed by atoms with Crippen LogP contribution in [-0.2, 0) is 6.54 Å². The lowest BCUT2D eigenvalue weighted by Gasteiger charge is -2.22. The lowest BCUT2D eigenvalue weighted by atomic mass is 10.2. The van der Waals surface area contributed by atoms with Crippen molar-refractivity contribution >= 4 is 21.8 Å². The van der Waals surface area contributed by atoms with Crippen molar-refractivity contribution in [1.82, 2.24) is 9.47 Å². The molecule has 0 radical (unpaired) electrons. The van der Waals surface area contributed by atoms with Crippen LogP contribution in [0.5, 0.6) is 0 Å². The van der Waals surface area contributed by atoms with Gasteiger partial charge in [-0.15, -0.1) is 0 Å². The monoisotopic (exact) mass is 358 g/mol. The van der Waals surface area contributed by atoms with Gasteiger partial charge in [0.15, 0.2) is 0 Å². The molecule has 0 spiro atoms. The van der Waals surface area contributed by atoms with Crippen LogP contribution in [0.3, 0.4) is 0 Å². The summed E-state index contributed by atoms with van der Waals surface area (Å²) in [5.41, 5.74) is 0.702. The molecule has 0 fully saturated rings. The summed E-state index contributed by atoms with van der Waals surface area (Å²) >= 11 is 3.44. The molecule has 1 aromatic rings. The molecule has 0 aromatic carbocycles. The maximum atomic E-state index is 12.7. The minimum Gasteiger partial charge on any atom is -0.395 e. The molecule has 1 aromatic heterocycles. The van der Waals surface area contributed by atoms with Crippen LogP contribution >= 0.6 is 15.9 Å². The summed E-state index contributed by atoms with van der Waals surface area (Å²) < 4.78 is 2.91. The van der Waals surface area contributed by atoms with Gasteiger partial charge in [-0.2, -0.15) is 0 Å². The molecule has 0 aliphatic heterocycles. The van der Waals surface area contributed by atoms with Crippen LogP contribution in [0, 0.1) is 0 Å². The molecule has 1 N–H and O–H groups in total. The molecule has 0 aliphatic rings. The van der Waals surface area contributed by atoms with E-state index in [0.29, 0.717) is 18.8 Å². The zero-order chi connectivity index (χ0) is 15.7. The predicted octanol–water partition coefficient (Wildman–Crippen LogP) is 3.68. The van der Waals surface area contributed by atoms with Gasteiger partial charge in [-0.1, -0.05) is 33.1 Å². The van der Waals surface area contributed by atoms with Gasteiger partial charge in [0.1, 0.15) is 5.69 Å². The van der Waals surface area contributed by atoms with Crippen LogP contribution in [0.4, 0.5) is 0 Å². The van der Waals surface area contributed by atoms with Crippen LogP contribution in [0.1, 0.15) is 56.4 Å². The first kappa shape index (κ1) is 18.2. The van der Waals surface area contributed by atoms with Crippen LogP contribution in [0.2, 0.25) is 0 Å². The molecule has 4 nitrogen and oxygen atoms in total. The molecule has 1 heterocycles. The molecule has 0 unspecified atom stereocenters. The average molecular weight is 359 g/mol. The maximum Gasteiger partial charge on any atom is 0.270 e. The highest BCUT2D eigenvalue weighted by Gasteiger charge is 2.19. The van der Waals surface area contributed by atoms with Crippen LogP contribution in [0.25, 0.3) is 0 Å². The third-order valence-electron chi connectivity index (χ3n) is 3.49. The van der Waals surface area contributed by atoms with E-state index >= 15 is 0 Å². The topological polar surface area (TPSA) is 45.5 Å². The fourth-order valence-electron chi connectivity index (χ4n) is 2.41. The number of aromatic nitrogens is 1. The first-order valence-electron chi connectivity index (χ1n) is 7.89. The van der Waals surface area contributed by atoms with Crippen molar-refractivity contribution in [2.75, 3.05) is 19.7 Å². The summed E-state index contributed by atoms with van der Waals surface area (Å²) in [7, 11) is 0. The highest BCUT2D eigenvalue weighted by molar-refractivity contribution is 9.10. The van der Waals surface area contributed by atoms with Crippen LogP contribution in [0.15, 0.2) is 16.7 Å². The van der Waals surface area contributed by atoms with Crippen molar-refractivity contribution in [2.24, 2.45) is 0 Å². The number of unbranched alkanes of at least 4 members (excludes halogenated alkanes) is 3. The molecule has 21 heavy (non-hydrogen) atoms. The molecule has 0 saturated carbocycles. The normalized spacial score (nSPS) is 10.9. The van der Waals surface area contributed by atoms with E-state index in [1.807, 2.05) is 16.8 Å². The number of aliphatic hydroxyl groups is 1. The summed E-state index contributed by atoms with van der Waals surface area (Å²) in [5.74, 6) is 0.0136. The zero-order valence-electron chi connectivity index (χ0n) is 13.1. The van der Waals surface area contributed by atoms with Gasteiger partial charge in [0.05, 0.1) is 6.61 Å². The highest BCUT2D eigenvalue weighted by atomic mass is 79.9. The van der Waals surface area contributed by atoms with Gasteiger partial charge in [0.2, 0.25) is 0 Å². The van der Waals surface area contributed by atoms with Crippen molar-refractivity contribution in [3.05, 3.63) is 22.4 Å². The molecule has 0 bridgehead atoms. The summed E-state index contributed by atoms with van der Waals surface area (Å²) in [6.45, 7) is 6.23. The molecule has 0 atom stereocenters. The molecule has 0 saturated heterocycles. The Hall–Kier alpha value is -0.810. The van der Waals surface area contributed by atoms with Crippen LogP contribution in [-0.4, -0.2) is 40.2 Å². The Morgan fingerprint density at radius 3 is 2.62 bits per heavy atom. The molecule has 0 aliphatic carbocycles. The number of nitrogens with zero attached hydrogens (tertiary/aromatic N) is 2. The van der Waals surface area contributed by atoms with E-state index in [0.717, 1.165) is 30.3 Å². The standard InChI is InChI=1S/C16H27BrN2O2/c1-3-5-6-7-9-18(10-11-20)16(21)15-12-14(17)13-19(15)8-4-2/h12-13,20H,3-11H2,1-2H3. The summed E-state index contributed by atoms with van der Waals surface area (Å²) in [4.78, 5) is 14.4. The number of amides is 1. The highest BCUT2D eigenvalue weighted by Crippen LogP contribution is 2.17. The van der Waals surface area contributed by atoms with Gasteiger partial charge >= 0.3 is 0 Å². The molecule has 5 heteroatoms. The Balaban J connectivity index is 2.74. The van der Waals surface area contributed by atoms with Gasteiger partial charge in [0, 0.05) is 30.3 Å². The largest absolute Gasteiger partial charge is 0.395 e. The minimum atomic E-state index is 0.00910. The van der Waals surface area contributed by atoms with E-state index in [1.54, 1.807) is 4.90 Å². The number of aryl methyl sites for hydroxylation is 1. The van der Waals surface area contributed by atoms with Crippen molar-refractivity contribution in [1.29, 1.82) is 0 Å². The average Bonchev–Trinajstić information content (AvgIpc) is 2.83. The van der Waals surface area contributed by atoms with Crippen LogP contribution < -0.4 is 0 Å². The van der Waals surface area contributed by atoms with Crippen molar-refractivity contribution in [3.63, 3.8) is 0 Å². The maximum absolute atomic E-state index is 12.7. The van der Waals surface area contributed by atoms with E-state index in [9.17, 15) is 9.90 Å². The second-order valence-electron chi connectivity index (χ2n) is 5.31. The van der Waals surface area contributed by atoms with E-state index < -0.39 is 0 Å². The summed E-state index contributed by atoms with van der Waals surface area (Å²) in [5, 5.41) is 9.20. The SMILES string of the molecule is CCCCCCN(CCO)C(=O)c1cc(Br)cn1CCC. The first-order valence-corrected chi connectivity index (χ1v) is 8.69. The van der Waals surface area contributed by atoms with Gasteiger partial charge < -0.3 is 14.6 Å². The number of aliphatic hydroxyl groups excluding tert-OH is 1. The number of carbonyl (C=O) groups excluding carboxylic acids is 1. The molecular formula is C16H27BrN2O2. The summed E-state index contributed by atoms with van der Waals surface area (Å²) in [6.07, 6.45) is 7.43. The van der Waals surface area contributed by atoms with E-state index in [-0.39, 0.29) is 12.5 Å². The number of halogens is 1. The quantitative estimate of drug-likeness (QED) is 0.648. The van der Waals surface area contributed by atoms with Gasteiger partial charge in [-0.3, -0.25) is 4.79 Å². The van der Waals surface area contributed by atoms with Gasteiger partial charge in [-0.05, 0) is 34.8 Å². The van der Waals surface area contributed by atoms with E-state index in [2.05, 4.69) is 29.8 Å². The Labute approximate surface area is 136 Å². The first-order chi connectivity index (χ1) is 10.1. The van der Waals surface area contributed by atoms with Gasteiger partial charge in [0.25, 0.3) is 5.91 Å². The second-order valence-corrected chi connectivity index (χ2v) is 6.23. The number of hydrogen-bond acceptors (Lipinski definition) is 2. The third-order valence-corrected chi connectivity index (χ3v) is 3.92. The Morgan fingerprint density at radius 2 is 2.00 bits per heavy atom. The predicted molar refractivity (Wildman–Crippen MR) is 89.6 cm³/mol. The lowest BCUT2D eigenvalue weighted by molar-refractivity contribution is 0.0707. The Morgan fingerprint density at radius 1 is 1.24 bits per heavy atom. The lowest BCUT2D eigenvalue weighted by Crippen LogP contribution is -2.35. The fourth-order valence-corrected chi connectivity index (χ4v) is 2.87. The smallest absolute Gasteiger partial charge is 0.270 e. The molecular weight excluding hydrogens is 332 g/mol. The number of carbonyl (C=O) groups is 1. The Bertz CT molecular complexity index is 432. The molecule has 120 valence electrons. The van der Waals surface area contributed by atoms with Crippen molar-refractivity contribution in [2.45, 2.75) is 52.5 Å². The van der Waals surface area contributed by atoms with Crippen molar-refractivity contribution in [3.8, 4) is 0 Å². The molecule has 1 amide bonds. The minimum absolute atomic E-state index is 0.00910. The zero-order valence-corrected chi connectivity index (χ0v) is 14.7. The third kappa shape index (κ3) is 5.83.